The molecule has 0 aromatic heterocycles. The lowest BCUT2D eigenvalue weighted by Crippen LogP contribution is -2.20. The van der Waals surface area contributed by atoms with Gasteiger partial charge in [0.1, 0.15) is 6.10 Å². The summed E-state index contributed by atoms with van der Waals surface area (Å²) in [5.41, 5.74) is 0. The lowest BCUT2D eigenvalue weighted by Gasteiger charge is -2.25. The van der Waals surface area contributed by atoms with E-state index in [4.69, 9.17) is 4.74 Å². The molecule has 1 rings (SSSR count). The number of esters is 1. The molecule has 0 atom stereocenters. The fourth-order valence-corrected chi connectivity index (χ4v) is 1.94. The summed E-state index contributed by atoms with van der Waals surface area (Å²) in [6.45, 7) is 0.526. The third kappa shape index (κ3) is 4.47. The second-order valence-electron chi connectivity index (χ2n) is 3.98. The van der Waals surface area contributed by atoms with Crippen molar-refractivity contribution in [3.8, 4) is 0 Å². The molecule has 1 fully saturated rings. The van der Waals surface area contributed by atoms with E-state index in [1.807, 2.05) is 6.08 Å². The summed E-state index contributed by atoms with van der Waals surface area (Å²) in [5, 5.41) is 0. The highest BCUT2D eigenvalue weighted by Gasteiger charge is 2.19. The molecule has 0 saturated heterocycles. The largest absolute Gasteiger partial charge is 0.469 e. The molecule has 0 amide bonds. The van der Waals surface area contributed by atoms with Crippen LogP contribution in [0, 0.1) is 5.92 Å². The van der Waals surface area contributed by atoms with Crippen LogP contribution in [0.5, 0.6) is 0 Å². The van der Waals surface area contributed by atoms with Gasteiger partial charge in [0.25, 0.3) is 6.47 Å². The van der Waals surface area contributed by atoms with E-state index >= 15 is 0 Å². The molecular formula is C12H18O4. The van der Waals surface area contributed by atoms with Crippen LogP contribution in [0.15, 0.2) is 12.2 Å². The second-order valence-corrected chi connectivity index (χ2v) is 3.98. The topological polar surface area (TPSA) is 52.6 Å². The molecule has 4 nitrogen and oxygen atoms in total. The Kier molecular flexibility index (Phi) is 5.61. The molecule has 0 aromatic rings. The second kappa shape index (κ2) is 7.04. The summed E-state index contributed by atoms with van der Waals surface area (Å²) in [7, 11) is 1.39. The van der Waals surface area contributed by atoms with Crippen molar-refractivity contribution in [2.75, 3.05) is 7.11 Å². The Bertz CT molecular complexity index is 252. The van der Waals surface area contributed by atoms with E-state index in [-0.39, 0.29) is 12.1 Å². The molecule has 0 aromatic carbocycles. The maximum absolute atomic E-state index is 10.9. The third-order valence-electron chi connectivity index (χ3n) is 2.89. The normalized spacial score (nSPS) is 25.3. The van der Waals surface area contributed by atoms with Crippen LogP contribution in [0.1, 0.15) is 32.1 Å². The molecule has 0 bridgehead atoms. The SMILES string of the molecule is COC(=O)C/C=C/C1CCC(OC=O)CC1. The maximum Gasteiger partial charge on any atom is 0.309 e. The minimum Gasteiger partial charge on any atom is -0.469 e. The van der Waals surface area contributed by atoms with Gasteiger partial charge in [0, 0.05) is 0 Å². The summed E-state index contributed by atoms with van der Waals surface area (Å²) in [6, 6.07) is 0. The van der Waals surface area contributed by atoms with Gasteiger partial charge in [-0.2, -0.15) is 0 Å². The van der Waals surface area contributed by atoms with Gasteiger partial charge in [-0.25, -0.2) is 0 Å². The number of hydrogen-bond acceptors (Lipinski definition) is 4. The standard InChI is InChI=1S/C12H18O4/c1-15-12(14)4-2-3-10-5-7-11(8-6-10)16-9-13/h2-3,9-11H,4-8H2,1H3/b3-2+. The molecule has 0 radical (unpaired) electrons. The van der Waals surface area contributed by atoms with Gasteiger partial charge >= 0.3 is 5.97 Å². The van der Waals surface area contributed by atoms with Gasteiger partial charge in [0.2, 0.25) is 0 Å². The summed E-state index contributed by atoms with van der Waals surface area (Å²) < 4.78 is 9.45. The number of ether oxygens (including phenoxy) is 2. The van der Waals surface area contributed by atoms with E-state index in [0.717, 1.165) is 25.7 Å². The number of rotatable bonds is 5. The Hall–Kier alpha value is -1.32. The highest BCUT2D eigenvalue weighted by molar-refractivity contribution is 5.70. The van der Waals surface area contributed by atoms with Gasteiger partial charge in [-0.05, 0) is 31.6 Å². The highest BCUT2D eigenvalue weighted by Crippen LogP contribution is 2.26. The zero-order valence-electron chi connectivity index (χ0n) is 9.56. The first kappa shape index (κ1) is 12.7. The van der Waals surface area contributed by atoms with E-state index in [0.29, 0.717) is 18.8 Å². The molecule has 1 aliphatic carbocycles. The zero-order chi connectivity index (χ0) is 11.8. The third-order valence-corrected chi connectivity index (χ3v) is 2.89. The number of allylic oxidation sites excluding steroid dienone is 1. The first-order valence-corrected chi connectivity index (χ1v) is 5.59. The molecule has 0 aliphatic heterocycles. The van der Waals surface area contributed by atoms with E-state index < -0.39 is 0 Å². The van der Waals surface area contributed by atoms with Crippen molar-refractivity contribution >= 4 is 12.4 Å². The average molecular weight is 226 g/mol. The number of carbonyl (C=O) groups is 2. The molecule has 0 N–H and O–H groups in total. The lowest BCUT2D eigenvalue weighted by atomic mass is 9.87. The molecule has 90 valence electrons. The van der Waals surface area contributed by atoms with Crippen molar-refractivity contribution in [2.45, 2.75) is 38.2 Å². The summed E-state index contributed by atoms with van der Waals surface area (Å²) in [4.78, 5) is 21.0. The minimum absolute atomic E-state index is 0.0859. The van der Waals surface area contributed by atoms with Crippen LogP contribution in [-0.4, -0.2) is 25.7 Å². The first-order chi connectivity index (χ1) is 7.76. The fourth-order valence-electron chi connectivity index (χ4n) is 1.94. The van der Waals surface area contributed by atoms with Crippen molar-refractivity contribution in [3.63, 3.8) is 0 Å². The summed E-state index contributed by atoms with van der Waals surface area (Å²) in [6.07, 6.45) is 8.18. The van der Waals surface area contributed by atoms with Gasteiger partial charge in [0.15, 0.2) is 0 Å². The molecule has 1 aliphatic rings. The first-order valence-electron chi connectivity index (χ1n) is 5.59. The maximum atomic E-state index is 10.9. The summed E-state index contributed by atoms with van der Waals surface area (Å²) >= 11 is 0. The molecule has 0 spiro atoms. The molecular weight excluding hydrogens is 208 g/mol. The van der Waals surface area contributed by atoms with E-state index in [2.05, 4.69) is 10.8 Å². The lowest BCUT2D eigenvalue weighted by molar-refractivity contribution is -0.139. The Morgan fingerprint density at radius 3 is 2.56 bits per heavy atom. The smallest absolute Gasteiger partial charge is 0.309 e. The Morgan fingerprint density at radius 2 is 2.00 bits per heavy atom. The quantitative estimate of drug-likeness (QED) is 0.408. The Balaban J connectivity index is 2.21. The van der Waals surface area contributed by atoms with Crippen LogP contribution >= 0.6 is 0 Å². The average Bonchev–Trinajstić information content (AvgIpc) is 2.31. The van der Waals surface area contributed by atoms with Crippen LogP contribution in [0.4, 0.5) is 0 Å². The van der Waals surface area contributed by atoms with Gasteiger partial charge in [-0.3, -0.25) is 9.59 Å². The van der Waals surface area contributed by atoms with Crippen LogP contribution < -0.4 is 0 Å². The number of hydrogen-bond donors (Lipinski definition) is 0. The minimum atomic E-state index is -0.214. The number of methoxy groups -OCH3 is 1. The van der Waals surface area contributed by atoms with Gasteiger partial charge < -0.3 is 9.47 Å². The Morgan fingerprint density at radius 1 is 1.31 bits per heavy atom. The van der Waals surface area contributed by atoms with Crippen molar-refractivity contribution in [3.05, 3.63) is 12.2 Å². The van der Waals surface area contributed by atoms with Crippen molar-refractivity contribution in [2.24, 2.45) is 5.92 Å². The molecule has 4 heteroatoms. The van der Waals surface area contributed by atoms with E-state index in [1.54, 1.807) is 0 Å². The monoisotopic (exact) mass is 226 g/mol. The zero-order valence-corrected chi connectivity index (χ0v) is 9.56. The predicted molar refractivity (Wildman–Crippen MR) is 58.7 cm³/mol. The predicted octanol–water partition coefficient (Wildman–Crippen LogP) is 1.84. The molecule has 16 heavy (non-hydrogen) atoms. The van der Waals surface area contributed by atoms with Gasteiger partial charge in [-0.15, -0.1) is 0 Å². The molecule has 0 unspecified atom stereocenters. The van der Waals surface area contributed by atoms with Crippen LogP contribution in [0.25, 0.3) is 0 Å². The van der Waals surface area contributed by atoms with E-state index in [1.165, 1.54) is 7.11 Å². The van der Waals surface area contributed by atoms with Crippen molar-refractivity contribution < 1.29 is 19.1 Å². The Labute approximate surface area is 95.6 Å². The van der Waals surface area contributed by atoms with Crippen molar-refractivity contribution in [1.29, 1.82) is 0 Å². The van der Waals surface area contributed by atoms with Crippen LogP contribution in [-0.2, 0) is 19.1 Å². The van der Waals surface area contributed by atoms with Crippen molar-refractivity contribution in [1.82, 2.24) is 0 Å². The van der Waals surface area contributed by atoms with Gasteiger partial charge in [-0.1, -0.05) is 12.2 Å². The molecule has 1 saturated carbocycles. The number of carbonyl (C=O) groups excluding carboxylic acids is 2. The van der Waals surface area contributed by atoms with Gasteiger partial charge in [0.05, 0.1) is 13.5 Å². The summed E-state index contributed by atoms with van der Waals surface area (Å²) in [5.74, 6) is 0.283. The van der Waals surface area contributed by atoms with E-state index in [9.17, 15) is 9.59 Å². The van der Waals surface area contributed by atoms with Crippen LogP contribution in [0.3, 0.4) is 0 Å². The molecule has 0 heterocycles. The van der Waals surface area contributed by atoms with Crippen LogP contribution in [0.2, 0.25) is 0 Å². The fraction of sp³-hybridized carbons (Fsp3) is 0.667. The highest BCUT2D eigenvalue weighted by atomic mass is 16.5.